The first-order valence-electron chi connectivity index (χ1n) is 9.15. The van der Waals surface area contributed by atoms with Gasteiger partial charge in [-0.15, -0.1) is 0 Å². The molecule has 0 N–H and O–H groups in total. The fraction of sp³-hybridized carbons (Fsp3) is 0.550. The van der Waals surface area contributed by atoms with Crippen molar-refractivity contribution in [3.8, 4) is 17.1 Å². The van der Waals surface area contributed by atoms with Gasteiger partial charge in [0.2, 0.25) is 17.6 Å². The first-order valence-corrected chi connectivity index (χ1v) is 9.15. The standard InChI is InChI=1S/C20H27N3O3/c1-20(2,3)13-17(24)23-11-6-5-10-16(23)19-21-18(22-26-19)14-8-7-9-15(12-14)25-4/h7-9,12,16H,5-6,10-11,13H2,1-4H3. The van der Waals surface area contributed by atoms with Crippen molar-refractivity contribution in [1.82, 2.24) is 15.0 Å². The number of hydrogen-bond acceptors (Lipinski definition) is 5. The van der Waals surface area contributed by atoms with Crippen LogP contribution in [0.15, 0.2) is 28.8 Å². The van der Waals surface area contributed by atoms with E-state index in [0.29, 0.717) is 18.1 Å². The van der Waals surface area contributed by atoms with Crippen molar-refractivity contribution < 1.29 is 14.1 Å². The summed E-state index contributed by atoms with van der Waals surface area (Å²) in [5.41, 5.74) is 0.794. The first kappa shape index (κ1) is 18.4. The van der Waals surface area contributed by atoms with Gasteiger partial charge in [0.25, 0.3) is 0 Å². The van der Waals surface area contributed by atoms with Crippen molar-refractivity contribution in [2.45, 2.75) is 52.5 Å². The molecule has 0 radical (unpaired) electrons. The van der Waals surface area contributed by atoms with E-state index in [2.05, 4.69) is 30.9 Å². The zero-order valence-corrected chi connectivity index (χ0v) is 16.0. The second kappa shape index (κ2) is 7.48. The van der Waals surface area contributed by atoms with E-state index in [1.807, 2.05) is 29.2 Å². The number of rotatable bonds is 4. The molecule has 0 saturated carbocycles. The van der Waals surface area contributed by atoms with E-state index >= 15 is 0 Å². The Balaban J connectivity index is 1.82. The van der Waals surface area contributed by atoms with Crippen LogP contribution in [0.2, 0.25) is 0 Å². The summed E-state index contributed by atoms with van der Waals surface area (Å²) in [5, 5.41) is 4.13. The highest BCUT2D eigenvalue weighted by Gasteiger charge is 2.33. The van der Waals surface area contributed by atoms with Crippen LogP contribution < -0.4 is 4.74 Å². The van der Waals surface area contributed by atoms with Crippen molar-refractivity contribution in [3.63, 3.8) is 0 Å². The van der Waals surface area contributed by atoms with Crippen LogP contribution in [0.25, 0.3) is 11.4 Å². The molecule has 1 fully saturated rings. The molecule has 1 amide bonds. The molecule has 0 bridgehead atoms. The summed E-state index contributed by atoms with van der Waals surface area (Å²) in [4.78, 5) is 19.3. The largest absolute Gasteiger partial charge is 0.497 e. The van der Waals surface area contributed by atoms with Crippen molar-refractivity contribution in [2.75, 3.05) is 13.7 Å². The minimum Gasteiger partial charge on any atom is -0.497 e. The molecule has 1 atom stereocenters. The zero-order chi connectivity index (χ0) is 18.7. The molecule has 140 valence electrons. The van der Waals surface area contributed by atoms with E-state index in [4.69, 9.17) is 9.26 Å². The molecule has 1 unspecified atom stereocenters. The minimum atomic E-state index is -0.134. The molecule has 1 aromatic carbocycles. The minimum absolute atomic E-state index is 0.0420. The Morgan fingerprint density at radius 3 is 2.88 bits per heavy atom. The van der Waals surface area contributed by atoms with Crippen molar-refractivity contribution in [3.05, 3.63) is 30.2 Å². The van der Waals surface area contributed by atoms with Gasteiger partial charge >= 0.3 is 0 Å². The molecule has 1 aliphatic heterocycles. The van der Waals surface area contributed by atoms with E-state index in [1.54, 1.807) is 7.11 Å². The van der Waals surface area contributed by atoms with Crippen LogP contribution in [0.4, 0.5) is 0 Å². The van der Waals surface area contributed by atoms with Crippen molar-refractivity contribution in [1.29, 1.82) is 0 Å². The van der Waals surface area contributed by atoms with E-state index in [1.165, 1.54) is 0 Å². The number of nitrogens with zero attached hydrogens (tertiary/aromatic N) is 3. The smallest absolute Gasteiger partial charge is 0.249 e. The summed E-state index contributed by atoms with van der Waals surface area (Å²) in [5.74, 6) is 1.94. The maximum absolute atomic E-state index is 12.8. The van der Waals surface area contributed by atoms with Crippen LogP contribution >= 0.6 is 0 Å². The van der Waals surface area contributed by atoms with Crippen molar-refractivity contribution >= 4 is 5.91 Å². The van der Waals surface area contributed by atoms with Crippen molar-refractivity contribution in [2.24, 2.45) is 5.41 Å². The monoisotopic (exact) mass is 357 g/mol. The lowest BCUT2D eigenvalue weighted by Crippen LogP contribution is -2.40. The Morgan fingerprint density at radius 1 is 1.35 bits per heavy atom. The number of aromatic nitrogens is 2. The van der Waals surface area contributed by atoms with Gasteiger partial charge in [0, 0.05) is 18.5 Å². The third-order valence-electron chi connectivity index (χ3n) is 4.56. The fourth-order valence-electron chi connectivity index (χ4n) is 3.29. The molecule has 0 spiro atoms. The van der Waals surface area contributed by atoms with Gasteiger partial charge in [0.05, 0.1) is 7.11 Å². The number of hydrogen-bond donors (Lipinski definition) is 0. The Hall–Kier alpha value is -2.37. The molecule has 6 heteroatoms. The average molecular weight is 357 g/mol. The number of piperidine rings is 1. The fourth-order valence-corrected chi connectivity index (χ4v) is 3.29. The van der Waals surface area contributed by atoms with Crippen LogP contribution in [-0.2, 0) is 4.79 Å². The highest BCUT2D eigenvalue weighted by molar-refractivity contribution is 5.77. The van der Waals surface area contributed by atoms with Gasteiger partial charge in [-0.25, -0.2) is 0 Å². The van der Waals surface area contributed by atoms with Gasteiger partial charge in [0.15, 0.2) is 0 Å². The lowest BCUT2D eigenvalue weighted by atomic mass is 9.90. The van der Waals surface area contributed by atoms with E-state index in [0.717, 1.165) is 37.1 Å². The zero-order valence-electron chi connectivity index (χ0n) is 16.0. The third kappa shape index (κ3) is 4.23. The number of ether oxygens (including phenoxy) is 1. The average Bonchev–Trinajstić information content (AvgIpc) is 3.10. The number of amides is 1. The SMILES string of the molecule is COc1cccc(-c2noc(C3CCCCN3C(=O)CC(C)(C)C)n2)c1. The number of carbonyl (C=O) groups is 1. The Labute approximate surface area is 154 Å². The van der Waals surface area contributed by atoms with Crippen LogP contribution in [-0.4, -0.2) is 34.6 Å². The molecular weight excluding hydrogens is 330 g/mol. The van der Waals surface area contributed by atoms with E-state index in [9.17, 15) is 4.79 Å². The highest BCUT2D eigenvalue weighted by atomic mass is 16.5. The molecular formula is C20H27N3O3. The van der Waals surface area contributed by atoms with Crippen LogP contribution in [0.5, 0.6) is 5.75 Å². The number of benzene rings is 1. The van der Waals surface area contributed by atoms with E-state index in [-0.39, 0.29) is 17.4 Å². The van der Waals surface area contributed by atoms with Crippen LogP contribution in [0.3, 0.4) is 0 Å². The summed E-state index contributed by atoms with van der Waals surface area (Å²) in [7, 11) is 1.63. The maximum Gasteiger partial charge on any atom is 0.249 e. The summed E-state index contributed by atoms with van der Waals surface area (Å²) >= 11 is 0. The molecule has 1 aromatic heterocycles. The van der Waals surface area contributed by atoms with Gasteiger partial charge in [0.1, 0.15) is 11.8 Å². The number of likely N-dealkylation sites (tertiary alicyclic amines) is 1. The molecule has 2 aromatic rings. The summed E-state index contributed by atoms with van der Waals surface area (Å²) in [6.45, 7) is 6.99. The molecule has 0 aliphatic carbocycles. The summed E-state index contributed by atoms with van der Waals surface area (Å²) in [6.07, 6.45) is 3.44. The Morgan fingerprint density at radius 2 is 2.15 bits per heavy atom. The highest BCUT2D eigenvalue weighted by Crippen LogP contribution is 2.33. The normalized spacial score (nSPS) is 18.0. The Kier molecular flexibility index (Phi) is 5.30. The Bertz CT molecular complexity index is 764. The lowest BCUT2D eigenvalue weighted by molar-refractivity contribution is -0.137. The lowest BCUT2D eigenvalue weighted by Gasteiger charge is -2.35. The van der Waals surface area contributed by atoms with Gasteiger partial charge < -0.3 is 14.2 Å². The molecule has 6 nitrogen and oxygen atoms in total. The predicted molar refractivity (Wildman–Crippen MR) is 98.7 cm³/mol. The molecule has 26 heavy (non-hydrogen) atoms. The number of carbonyl (C=O) groups excluding carboxylic acids is 1. The van der Waals surface area contributed by atoms with E-state index < -0.39 is 0 Å². The second-order valence-corrected chi connectivity index (χ2v) is 8.02. The molecule has 1 aliphatic rings. The second-order valence-electron chi connectivity index (χ2n) is 8.02. The maximum atomic E-state index is 12.8. The molecule has 2 heterocycles. The predicted octanol–water partition coefficient (Wildman–Crippen LogP) is 4.24. The van der Waals surface area contributed by atoms with Gasteiger partial charge in [-0.3, -0.25) is 4.79 Å². The quantitative estimate of drug-likeness (QED) is 0.819. The first-order chi connectivity index (χ1) is 12.4. The van der Waals surface area contributed by atoms with Crippen LogP contribution in [0, 0.1) is 5.41 Å². The topological polar surface area (TPSA) is 68.5 Å². The van der Waals surface area contributed by atoms with Gasteiger partial charge in [-0.05, 0) is 36.8 Å². The molecule has 3 rings (SSSR count). The summed E-state index contributed by atoms with van der Waals surface area (Å²) in [6, 6.07) is 7.42. The molecule has 1 saturated heterocycles. The number of methoxy groups -OCH3 is 1. The van der Waals surface area contributed by atoms with Gasteiger partial charge in [-0.2, -0.15) is 4.98 Å². The van der Waals surface area contributed by atoms with Gasteiger partial charge in [-0.1, -0.05) is 38.1 Å². The van der Waals surface area contributed by atoms with Crippen LogP contribution in [0.1, 0.15) is 58.4 Å². The third-order valence-corrected chi connectivity index (χ3v) is 4.56. The summed E-state index contributed by atoms with van der Waals surface area (Å²) < 4.78 is 10.8.